The number of nitrogens with one attached hydrogen (secondary N) is 1. The van der Waals surface area contributed by atoms with Gasteiger partial charge >= 0.3 is 11.9 Å². The minimum Gasteiger partial charge on any atom is -0.469 e. The molecule has 6 nitrogen and oxygen atoms in total. The SMILES string of the molecule is CCC(Cc1c(I)cc(I)c(NC(=O)CCC(=O)OC)c1I)C(=O)O[C@H]1CC[C@@]2(C)C(=CC[C@H]3[C@@H]4CC[C@H]([C@H](C)CCCC(C)C)[C@@]4(C)CC[C@@H]32)C1. The Bertz CT molecular complexity index is 1510. The highest BCUT2D eigenvalue weighted by molar-refractivity contribution is 14.1. The first-order valence-corrected chi connectivity index (χ1v) is 23.3. The Hall–Kier alpha value is -0.440. The average Bonchev–Trinajstić information content (AvgIpc) is 3.46. The molecule has 0 saturated heterocycles. The Balaban J connectivity index is 1.21. The first-order chi connectivity index (χ1) is 24.6. The highest BCUT2D eigenvalue weighted by Crippen LogP contribution is 2.67. The van der Waals surface area contributed by atoms with Crippen LogP contribution in [0.25, 0.3) is 0 Å². The fourth-order valence-electron chi connectivity index (χ4n) is 11.1. The number of halogens is 3. The highest BCUT2D eigenvalue weighted by Gasteiger charge is 2.59. The van der Waals surface area contributed by atoms with Crippen LogP contribution < -0.4 is 5.32 Å². The Morgan fingerprint density at radius 1 is 0.962 bits per heavy atom. The summed E-state index contributed by atoms with van der Waals surface area (Å²) >= 11 is 6.86. The van der Waals surface area contributed by atoms with E-state index in [0.717, 1.165) is 76.7 Å². The van der Waals surface area contributed by atoms with Crippen LogP contribution in [-0.4, -0.2) is 31.1 Å². The topological polar surface area (TPSA) is 81.7 Å². The van der Waals surface area contributed by atoms with Crippen molar-refractivity contribution in [2.45, 2.75) is 144 Å². The smallest absolute Gasteiger partial charge is 0.309 e. The zero-order valence-electron chi connectivity index (χ0n) is 32.6. The van der Waals surface area contributed by atoms with E-state index in [1.165, 1.54) is 58.5 Å². The molecule has 9 heteroatoms. The maximum Gasteiger partial charge on any atom is 0.309 e. The van der Waals surface area contributed by atoms with Crippen molar-refractivity contribution in [2.24, 2.45) is 52.3 Å². The van der Waals surface area contributed by atoms with Crippen molar-refractivity contribution in [1.29, 1.82) is 0 Å². The number of carbonyl (C=O) groups excluding carboxylic acids is 3. The zero-order chi connectivity index (χ0) is 38.0. The molecule has 1 aromatic rings. The van der Waals surface area contributed by atoms with Gasteiger partial charge in [0.1, 0.15) is 6.10 Å². The normalized spacial score (nSPS) is 30.8. The van der Waals surface area contributed by atoms with Gasteiger partial charge in [0.05, 0.1) is 25.1 Å². The summed E-state index contributed by atoms with van der Waals surface area (Å²) in [5.74, 6) is 3.90. The Morgan fingerprint density at radius 2 is 1.71 bits per heavy atom. The van der Waals surface area contributed by atoms with Crippen LogP contribution in [0.15, 0.2) is 17.7 Å². The molecule has 52 heavy (non-hydrogen) atoms. The lowest BCUT2D eigenvalue weighted by atomic mass is 9.47. The summed E-state index contributed by atoms with van der Waals surface area (Å²) in [4.78, 5) is 38.1. The van der Waals surface area contributed by atoms with Gasteiger partial charge in [-0.05, 0) is 184 Å². The molecule has 9 atom stereocenters. The van der Waals surface area contributed by atoms with Gasteiger partial charge in [0.25, 0.3) is 0 Å². The minimum absolute atomic E-state index is 0.0351. The van der Waals surface area contributed by atoms with Crippen LogP contribution in [0.3, 0.4) is 0 Å². The van der Waals surface area contributed by atoms with Crippen LogP contribution in [0.5, 0.6) is 0 Å². The number of fused-ring (bicyclic) bond motifs is 5. The second-order valence-electron chi connectivity index (χ2n) is 17.5. The molecular weight excluding hydrogens is 991 g/mol. The molecule has 1 aromatic carbocycles. The Labute approximate surface area is 354 Å². The third-order valence-corrected chi connectivity index (χ3v) is 17.1. The third-order valence-electron chi connectivity index (χ3n) is 14.1. The monoisotopic (exact) mass is 1050 g/mol. The van der Waals surface area contributed by atoms with E-state index in [0.29, 0.717) is 18.3 Å². The van der Waals surface area contributed by atoms with Crippen LogP contribution in [0.2, 0.25) is 0 Å². The van der Waals surface area contributed by atoms with Gasteiger partial charge in [-0.3, -0.25) is 14.4 Å². The van der Waals surface area contributed by atoms with Crippen molar-refractivity contribution >= 4 is 91.3 Å². The Kier molecular flexibility index (Phi) is 15.0. The number of allylic oxidation sites excluding steroid dienone is 1. The molecule has 4 aliphatic rings. The molecule has 1 unspecified atom stereocenters. The van der Waals surface area contributed by atoms with Gasteiger partial charge in [-0.2, -0.15) is 0 Å². The molecule has 0 aromatic heterocycles. The third kappa shape index (κ3) is 9.22. The van der Waals surface area contributed by atoms with E-state index >= 15 is 0 Å². The maximum absolute atomic E-state index is 13.8. The van der Waals surface area contributed by atoms with Crippen molar-refractivity contribution in [3.8, 4) is 0 Å². The fraction of sp³-hybridized carbons (Fsp3) is 0.744. The van der Waals surface area contributed by atoms with Crippen molar-refractivity contribution in [3.63, 3.8) is 0 Å². The van der Waals surface area contributed by atoms with Gasteiger partial charge in [-0.15, -0.1) is 0 Å². The summed E-state index contributed by atoms with van der Waals surface area (Å²) in [6, 6.07) is 2.05. The molecule has 1 N–H and O–H groups in total. The standard InChI is InChI=1S/C43H62I3NO5/c1-8-27(22-31-35(44)24-36(45)40(39(31)46)47-37(48)16-17-38(49)51-7)41(50)52-29-18-20-42(5)28(23-29)12-13-30-33-15-14-32(26(4)11-9-10-25(2)3)43(33,6)21-19-34(30)42/h12,24-27,29-30,32-34H,8-11,13-23H2,1-7H3,(H,47,48)/t26-,27?,29+,30+,32-,33+,34+,42+,43-/m1/s1. The molecule has 0 radical (unpaired) electrons. The summed E-state index contributed by atoms with van der Waals surface area (Å²) in [7, 11) is 1.32. The van der Waals surface area contributed by atoms with Gasteiger partial charge < -0.3 is 14.8 Å². The van der Waals surface area contributed by atoms with Crippen LogP contribution in [-0.2, 0) is 30.3 Å². The van der Waals surface area contributed by atoms with Crippen molar-refractivity contribution < 1.29 is 23.9 Å². The summed E-state index contributed by atoms with van der Waals surface area (Å²) in [6.45, 7) is 14.6. The highest BCUT2D eigenvalue weighted by atomic mass is 127. The molecule has 0 bridgehead atoms. The zero-order valence-corrected chi connectivity index (χ0v) is 39.0. The van der Waals surface area contributed by atoms with Crippen molar-refractivity contribution in [3.05, 3.63) is 34.0 Å². The van der Waals surface area contributed by atoms with Crippen molar-refractivity contribution in [2.75, 3.05) is 12.4 Å². The van der Waals surface area contributed by atoms with Crippen LogP contribution in [0, 0.1) is 63.0 Å². The number of esters is 2. The number of amides is 1. The number of benzene rings is 1. The first kappa shape index (κ1) is 42.7. The maximum atomic E-state index is 13.8. The van der Waals surface area contributed by atoms with Crippen LogP contribution in [0.1, 0.15) is 137 Å². The largest absolute Gasteiger partial charge is 0.469 e. The molecular formula is C43H62I3NO5. The predicted octanol–water partition coefficient (Wildman–Crippen LogP) is 11.9. The van der Waals surface area contributed by atoms with E-state index in [1.54, 1.807) is 5.57 Å². The van der Waals surface area contributed by atoms with Crippen LogP contribution in [0.4, 0.5) is 5.69 Å². The molecule has 0 heterocycles. The van der Waals surface area contributed by atoms with Gasteiger partial charge in [0.2, 0.25) is 5.91 Å². The second kappa shape index (κ2) is 18.2. The number of anilines is 1. The van der Waals surface area contributed by atoms with Gasteiger partial charge in [-0.1, -0.05) is 72.5 Å². The molecule has 5 rings (SSSR count). The van der Waals surface area contributed by atoms with Gasteiger partial charge in [0, 0.05) is 23.6 Å². The molecule has 3 fully saturated rings. The quantitative estimate of drug-likeness (QED) is 0.114. The summed E-state index contributed by atoms with van der Waals surface area (Å²) in [5.41, 5.74) is 4.06. The summed E-state index contributed by atoms with van der Waals surface area (Å²) < 4.78 is 14.0. The molecule has 4 aliphatic carbocycles. The molecule has 0 aliphatic heterocycles. The fourth-order valence-corrected chi connectivity index (χ4v) is 15.2. The molecule has 3 saturated carbocycles. The number of hydrogen-bond donors (Lipinski definition) is 1. The van der Waals surface area contributed by atoms with E-state index in [9.17, 15) is 14.4 Å². The lowest BCUT2D eigenvalue weighted by Gasteiger charge is -2.58. The molecule has 1 amide bonds. The minimum atomic E-state index is -0.407. The average molecular weight is 1050 g/mol. The number of rotatable bonds is 14. The summed E-state index contributed by atoms with van der Waals surface area (Å²) in [5, 5.41) is 3.01. The van der Waals surface area contributed by atoms with E-state index in [2.05, 4.69) is 125 Å². The number of hydrogen-bond acceptors (Lipinski definition) is 5. The molecule has 290 valence electrons. The second-order valence-corrected chi connectivity index (χ2v) is 20.9. The van der Waals surface area contributed by atoms with Gasteiger partial charge in [-0.25, -0.2) is 0 Å². The lowest BCUT2D eigenvalue weighted by molar-refractivity contribution is -0.156. The van der Waals surface area contributed by atoms with E-state index < -0.39 is 5.97 Å². The number of ether oxygens (including phenoxy) is 2. The van der Waals surface area contributed by atoms with E-state index in [1.807, 2.05) is 6.07 Å². The first-order valence-electron chi connectivity index (χ1n) is 20.1. The van der Waals surface area contributed by atoms with Crippen LogP contribution >= 0.6 is 67.8 Å². The van der Waals surface area contributed by atoms with Crippen molar-refractivity contribution in [1.82, 2.24) is 0 Å². The lowest BCUT2D eigenvalue weighted by Crippen LogP contribution is -2.51. The Morgan fingerprint density at radius 3 is 2.40 bits per heavy atom. The number of methoxy groups -OCH3 is 1. The van der Waals surface area contributed by atoms with Gasteiger partial charge in [0.15, 0.2) is 0 Å². The number of carbonyl (C=O) groups is 3. The van der Waals surface area contributed by atoms with E-state index in [-0.39, 0.29) is 42.2 Å². The van der Waals surface area contributed by atoms with E-state index in [4.69, 9.17) is 4.74 Å². The summed E-state index contributed by atoms with van der Waals surface area (Å²) in [6.07, 6.45) is 17.7. The predicted molar refractivity (Wildman–Crippen MR) is 235 cm³/mol. The molecule has 0 spiro atoms.